The van der Waals surface area contributed by atoms with Crippen molar-refractivity contribution >= 4 is 8.32 Å². The van der Waals surface area contributed by atoms with E-state index >= 15 is 0 Å². The summed E-state index contributed by atoms with van der Waals surface area (Å²) >= 11 is 0. The van der Waals surface area contributed by atoms with Gasteiger partial charge in [0.05, 0.1) is 12.2 Å². The molecule has 3 nitrogen and oxygen atoms in total. The molecule has 0 radical (unpaired) electrons. The molecule has 0 N–H and O–H groups in total. The van der Waals surface area contributed by atoms with Gasteiger partial charge in [-0.25, -0.2) is 0 Å². The Morgan fingerprint density at radius 1 is 0.806 bits per heavy atom. The first kappa shape index (κ1) is 27.3. The van der Waals surface area contributed by atoms with Crippen LogP contribution in [-0.2, 0) is 13.9 Å². The lowest BCUT2D eigenvalue weighted by Gasteiger charge is -2.39. The number of rotatable bonds is 18. The van der Waals surface area contributed by atoms with E-state index in [0.717, 1.165) is 6.61 Å². The lowest BCUT2D eigenvalue weighted by molar-refractivity contribution is -0.200. The fraction of sp³-hybridized carbons (Fsp3) is 1.00. The van der Waals surface area contributed by atoms with E-state index in [4.69, 9.17) is 13.9 Å². The van der Waals surface area contributed by atoms with Gasteiger partial charge in [-0.2, -0.15) is 0 Å². The molecule has 184 valence electrons. The van der Waals surface area contributed by atoms with E-state index in [0.29, 0.717) is 29.5 Å². The molecule has 1 saturated carbocycles. The summed E-state index contributed by atoms with van der Waals surface area (Å²) in [5.41, 5.74) is 0. The van der Waals surface area contributed by atoms with Gasteiger partial charge in [0.1, 0.15) is 6.10 Å². The van der Waals surface area contributed by atoms with Crippen LogP contribution in [-0.4, -0.2) is 39.3 Å². The molecule has 2 aliphatic heterocycles. The van der Waals surface area contributed by atoms with Crippen LogP contribution in [0.1, 0.15) is 124 Å². The number of hydrogen-bond acceptors (Lipinski definition) is 3. The summed E-state index contributed by atoms with van der Waals surface area (Å²) in [7, 11) is -1.68. The van der Waals surface area contributed by atoms with Crippen LogP contribution in [0.5, 0.6) is 0 Å². The highest BCUT2D eigenvalue weighted by atomic mass is 28.4. The Morgan fingerprint density at radius 2 is 1.32 bits per heavy atom. The maximum Gasteiger partial charge on any atom is 0.192 e. The molecule has 4 heteroatoms. The molecule has 0 aromatic rings. The van der Waals surface area contributed by atoms with E-state index in [1.54, 1.807) is 0 Å². The van der Waals surface area contributed by atoms with Gasteiger partial charge >= 0.3 is 0 Å². The number of hydrogen-bond donors (Lipinski definition) is 0. The second kappa shape index (κ2) is 13.7. The minimum atomic E-state index is -1.68. The maximum atomic E-state index is 6.86. The third-order valence-corrected chi connectivity index (χ3v) is 12.5. The first-order valence-electron chi connectivity index (χ1n) is 13.7. The Hall–Kier alpha value is 0.0969. The quantitative estimate of drug-likeness (QED) is 0.154. The van der Waals surface area contributed by atoms with Crippen LogP contribution >= 0.6 is 0 Å². The summed E-state index contributed by atoms with van der Waals surface area (Å²) < 4.78 is 18.6. The van der Waals surface area contributed by atoms with Gasteiger partial charge in [-0.05, 0) is 50.2 Å². The Morgan fingerprint density at radius 3 is 1.84 bits per heavy atom. The van der Waals surface area contributed by atoms with E-state index in [1.807, 2.05) is 0 Å². The van der Waals surface area contributed by atoms with Gasteiger partial charge < -0.3 is 13.9 Å². The Labute approximate surface area is 195 Å². The molecule has 3 aliphatic rings. The zero-order valence-electron chi connectivity index (χ0n) is 21.8. The average molecular weight is 455 g/mol. The largest absolute Gasteiger partial charge is 0.414 e. The minimum Gasteiger partial charge on any atom is -0.414 e. The molecule has 0 amide bonds. The van der Waals surface area contributed by atoms with Crippen molar-refractivity contribution in [1.29, 1.82) is 0 Å². The first-order valence-corrected chi connectivity index (χ1v) is 16.6. The van der Waals surface area contributed by atoms with E-state index in [2.05, 4.69) is 40.8 Å². The fourth-order valence-corrected chi connectivity index (χ4v) is 6.19. The Balaban J connectivity index is 1.59. The zero-order chi connectivity index (χ0) is 22.7. The van der Waals surface area contributed by atoms with Crippen LogP contribution in [0.25, 0.3) is 0 Å². The van der Waals surface area contributed by atoms with Crippen LogP contribution in [0.2, 0.25) is 18.1 Å². The minimum absolute atomic E-state index is 0.299. The summed E-state index contributed by atoms with van der Waals surface area (Å²) in [5, 5.41) is 0.299. The SMILES string of the molecule is CCCCCCCCCC(CCCCCCOC1C2CCC1O2)O[Si](C)(C)C(C)(C)C. The van der Waals surface area contributed by atoms with Crippen molar-refractivity contribution < 1.29 is 13.9 Å². The summed E-state index contributed by atoms with van der Waals surface area (Å²) in [6.07, 6.45) is 21.4. The highest BCUT2D eigenvalue weighted by Crippen LogP contribution is 2.40. The standard InChI is InChI=1S/C27H54O3Si/c1-7-8-9-10-11-12-15-18-23(30-31(5,6)27(2,3)4)19-16-13-14-17-22-28-26-24-20-21-25(26)29-24/h23-26H,7-22H2,1-6H3. The topological polar surface area (TPSA) is 27.7 Å². The van der Waals surface area contributed by atoms with Gasteiger partial charge in [0.15, 0.2) is 8.32 Å². The molecule has 3 fully saturated rings. The van der Waals surface area contributed by atoms with E-state index < -0.39 is 8.32 Å². The third kappa shape index (κ3) is 9.47. The molecular formula is C27H54O3Si. The van der Waals surface area contributed by atoms with Gasteiger partial charge in [0.25, 0.3) is 0 Å². The molecule has 0 spiro atoms. The van der Waals surface area contributed by atoms with E-state index in [1.165, 1.54) is 96.3 Å². The lowest BCUT2D eigenvalue weighted by atomic mass is 10.0. The smallest absolute Gasteiger partial charge is 0.192 e. The van der Waals surface area contributed by atoms with Crippen LogP contribution in [0, 0.1) is 0 Å². The summed E-state index contributed by atoms with van der Waals surface area (Å²) in [6, 6.07) is 0. The summed E-state index contributed by atoms with van der Waals surface area (Å²) in [4.78, 5) is 0. The van der Waals surface area contributed by atoms with Crippen molar-refractivity contribution in [2.45, 2.75) is 167 Å². The van der Waals surface area contributed by atoms with Gasteiger partial charge in [-0.1, -0.05) is 91.9 Å². The predicted octanol–water partition coefficient (Wildman–Crippen LogP) is 8.41. The molecule has 2 saturated heterocycles. The molecular weight excluding hydrogens is 400 g/mol. The van der Waals surface area contributed by atoms with Crippen molar-refractivity contribution in [2.75, 3.05) is 6.61 Å². The number of ether oxygens (including phenoxy) is 2. The normalized spacial score (nSPS) is 24.4. The van der Waals surface area contributed by atoms with Gasteiger partial charge in [-0.3, -0.25) is 0 Å². The first-order chi connectivity index (χ1) is 14.7. The Kier molecular flexibility index (Phi) is 12.1. The monoisotopic (exact) mass is 454 g/mol. The molecule has 3 rings (SSSR count). The van der Waals surface area contributed by atoms with Gasteiger partial charge in [-0.15, -0.1) is 0 Å². The average Bonchev–Trinajstić information content (AvgIpc) is 3.32. The molecule has 2 bridgehead atoms. The number of fused-ring (bicyclic) bond motifs is 1. The highest BCUT2D eigenvalue weighted by molar-refractivity contribution is 6.74. The van der Waals surface area contributed by atoms with Crippen molar-refractivity contribution in [3.8, 4) is 0 Å². The second-order valence-corrected chi connectivity index (χ2v) is 16.5. The summed E-state index contributed by atoms with van der Waals surface area (Å²) in [6.45, 7) is 15.1. The van der Waals surface area contributed by atoms with E-state index in [9.17, 15) is 0 Å². The van der Waals surface area contributed by atoms with Crippen LogP contribution in [0.15, 0.2) is 0 Å². The van der Waals surface area contributed by atoms with Gasteiger partial charge in [0.2, 0.25) is 0 Å². The van der Waals surface area contributed by atoms with Crippen molar-refractivity contribution in [2.24, 2.45) is 0 Å². The van der Waals surface area contributed by atoms with Crippen molar-refractivity contribution in [1.82, 2.24) is 0 Å². The van der Waals surface area contributed by atoms with Crippen LogP contribution in [0.4, 0.5) is 0 Å². The number of unbranched alkanes of at least 4 members (excludes halogenated alkanes) is 9. The van der Waals surface area contributed by atoms with Crippen LogP contribution in [0.3, 0.4) is 0 Å². The van der Waals surface area contributed by atoms with Gasteiger partial charge in [0, 0.05) is 12.7 Å². The molecule has 3 atom stereocenters. The van der Waals surface area contributed by atoms with Crippen LogP contribution < -0.4 is 0 Å². The lowest BCUT2D eigenvalue weighted by Crippen LogP contribution is -2.47. The molecule has 0 aromatic heterocycles. The Bertz CT molecular complexity index is 460. The summed E-state index contributed by atoms with van der Waals surface area (Å²) in [5.74, 6) is 0. The molecule has 0 aromatic carbocycles. The molecule has 1 aliphatic carbocycles. The van der Waals surface area contributed by atoms with Crippen molar-refractivity contribution in [3.63, 3.8) is 0 Å². The zero-order valence-corrected chi connectivity index (χ0v) is 22.8. The third-order valence-electron chi connectivity index (χ3n) is 7.95. The van der Waals surface area contributed by atoms with E-state index in [-0.39, 0.29) is 0 Å². The molecule has 31 heavy (non-hydrogen) atoms. The van der Waals surface area contributed by atoms with Crippen molar-refractivity contribution in [3.05, 3.63) is 0 Å². The highest BCUT2D eigenvalue weighted by Gasteiger charge is 2.49. The molecule has 3 unspecified atom stereocenters. The molecule has 2 heterocycles. The second-order valence-electron chi connectivity index (χ2n) is 11.7. The maximum absolute atomic E-state index is 6.86. The predicted molar refractivity (Wildman–Crippen MR) is 135 cm³/mol. The fourth-order valence-electron chi connectivity index (χ4n) is 4.77.